The SMILES string of the molecule is CCNC(=O)Nc1nc2c(F)c(-c3cnc(N4CCNCC4)nc3)cc(-c3ncccc3F)c2s1.Cl. The van der Waals surface area contributed by atoms with Crippen molar-refractivity contribution in [2.45, 2.75) is 6.92 Å². The highest BCUT2D eigenvalue weighted by atomic mass is 35.5. The Hall–Kier alpha value is -3.48. The molecule has 3 N–H and O–H groups in total. The lowest BCUT2D eigenvalue weighted by atomic mass is 10.0. The number of anilines is 2. The number of rotatable bonds is 5. The van der Waals surface area contributed by atoms with Crippen molar-refractivity contribution in [3.8, 4) is 22.4 Å². The molecule has 1 aromatic carbocycles. The van der Waals surface area contributed by atoms with Crippen molar-refractivity contribution in [2.24, 2.45) is 0 Å². The number of hydrogen-bond acceptors (Lipinski definition) is 8. The summed E-state index contributed by atoms with van der Waals surface area (Å²) in [6, 6.07) is 3.84. The summed E-state index contributed by atoms with van der Waals surface area (Å²) in [6.45, 7) is 5.44. The largest absolute Gasteiger partial charge is 0.338 e. The van der Waals surface area contributed by atoms with Crippen LogP contribution in [0.25, 0.3) is 32.6 Å². The molecule has 0 aliphatic carbocycles. The van der Waals surface area contributed by atoms with Crippen molar-refractivity contribution < 1.29 is 13.6 Å². The highest BCUT2D eigenvalue weighted by molar-refractivity contribution is 7.22. The first-order valence-corrected chi connectivity index (χ1v) is 11.9. The molecule has 188 valence electrons. The second-order valence-corrected chi connectivity index (χ2v) is 8.81. The van der Waals surface area contributed by atoms with Crippen LogP contribution >= 0.6 is 23.7 Å². The standard InChI is InChI=1S/C23H22F2N8OS.ClH/c1-2-27-22(34)32-23-31-19-17(25)14(10-15(20(19)35-23)18-16(24)4-3-5-28-18)13-11-29-21(30-12-13)33-8-6-26-7-9-33;/h3-5,10-12,26H,2,6-9H2,1H3,(H2,27,31,32,34);1H. The minimum atomic E-state index is -0.612. The number of carbonyl (C=O) groups excluding carboxylic acids is 1. The molecular weight excluding hydrogens is 510 g/mol. The third-order valence-electron chi connectivity index (χ3n) is 5.53. The van der Waals surface area contributed by atoms with E-state index in [1.54, 1.807) is 19.3 Å². The Morgan fingerprint density at radius 3 is 2.61 bits per heavy atom. The highest BCUT2D eigenvalue weighted by Gasteiger charge is 2.23. The van der Waals surface area contributed by atoms with Crippen LogP contribution < -0.4 is 20.9 Å². The maximum Gasteiger partial charge on any atom is 0.321 e. The third-order valence-corrected chi connectivity index (χ3v) is 6.53. The Morgan fingerprint density at radius 2 is 1.92 bits per heavy atom. The Balaban J connectivity index is 0.00000304. The lowest BCUT2D eigenvalue weighted by Crippen LogP contribution is -2.44. The quantitative estimate of drug-likeness (QED) is 0.355. The number of urea groups is 1. The number of fused-ring (bicyclic) bond motifs is 1. The number of thiazole rings is 1. The summed E-state index contributed by atoms with van der Waals surface area (Å²) in [6.07, 6.45) is 4.56. The topological polar surface area (TPSA) is 108 Å². The van der Waals surface area contributed by atoms with Crippen LogP contribution in [0, 0.1) is 11.6 Å². The van der Waals surface area contributed by atoms with Gasteiger partial charge in [0.15, 0.2) is 10.9 Å². The number of piperazine rings is 1. The van der Waals surface area contributed by atoms with Crippen LogP contribution in [0.1, 0.15) is 6.92 Å². The number of carbonyl (C=O) groups is 1. The van der Waals surface area contributed by atoms with Crippen LogP contribution in [0.3, 0.4) is 0 Å². The van der Waals surface area contributed by atoms with Crippen LogP contribution in [0.4, 0.5) is 24.7 Å². The smallest absolute Gasteiger partial charge is 0.321 e. The van der Waals surface area contributed by atoms with Crippen LogP contribution in [0.2, 0.25) is 0 Å². The van der Waals surface area contributed by atoms with Crippen molar-refractivity contribution in [3.05, 3.63) is 48.4 Å². The fourth-order valence-electron chi connectivity index (χ4n) is 3.87. The van der Waals surface area contributed by atoms with E-state index >= 15 is 4.39 Å². The van der Waals surface area contributed by atoms with Crippen LogP contribution in [0.15, 0.2) is 36.8 Å². The van der Waals surface area contributed by atoms with E-state index in [4.69, 9.17) is 0 Å². The third kappa shape index (κ3) is 5.06. The summed E-state index contributed by atoms with van der Waals surface area (Å²) in [7, 11) is 0. The summed E-state index contributed by atoms with van der Waals surface area (Å²) in [5.41, 5.74) is 1.02. The first kappa shape index (κ1) is 25.6. The molecule has 2 amide bonds. The maximum absolute atomic E-state index is 15.7. The molecule has 0 spiro atoms. The summed E-state index contributed by atoms with van der Waals surface area (Å²) >= 11 is 1.05. The van der Waals surface area contributed by atoms with Crippen molar-refractivity contribution in [1.29, 1.82) is 0 Å². The fraction of sp³-hybridized carbons (Fsp3) is 0.261. The molecule has 3 aromatic heterocycles. The van der Waals surface area contributed by atoms with Crippen molar-refractivity contribution >= 4 is 51.1 Å². The van der Waals surface area contributed by atoms with Gasteiger partial charge in [0.1, 0.15) is 17.0 Å². The molecule has 13 heteroatoms. The molecule has 4 aromatic rings. The summed E-state index contributed by atoms with van der Waals surface area (Å²) in [5, 5.41) is 8.66. The molecule has 9 nitrogen and oxygen atoms in total. The van der Waals surface area contributed by atoms with Gasteiger partial charge in [-0.25, -0.2) is 28.5 Å². The molecule has 5 rings (SSSR count). The van der Waals surface area contributed by atoms with Gasteiger partial charge in [-0.3, -0.25) is 10.3 Å². The summed E-state index contributed by atoms with van der Waals surface area (Å²) < 4.78 is 30.8. The Labute approximate surface area is 215 Å². The summed E-state index contributed by atoms with van der Waals surface area (Å²) in [4.78, 5) is 31.4. The molecule has 0 bridgehead atoms. The van der Waals surface area contributed by atoms with Gasteiger partial charge in [0.25, 0.3) is 0 Å². The van der Waals surface area contributed by atoms with Gasteiger partial charge in [-0.1, -0.05) is 11.3 Å². The van der Waals surface area contributed by atoms with Gasteiger partial charge in [0.05, 0.1) is 4.70 Å². The van der Waals surface area contributed by atoms with E-state index < -0.39 is 17.7 Å². The predicted octanol–water partition coefficient (Wildman–Crippen LogP) is 4.07. The van der Waals surface area contributed by atoms with Crippen LogP contribution in [-0.2, 0) is 0 Å². The van der Waals surface area contributed by atoms with Gasteiger partial charge in [0, 0.05) is 68.0 Å². The zero-order chi connectivity index (χ0) is 24.4. The second kappa shape index (κ2) is 11.1. The van der Waals surface area contributed by atoms with Gasteiger partial charge in [-0.05, 0) is 25.1 Å². The second-order valence-electron chi connectivity index (χ2n) is 7.81. The van der Waals surface area contributed by atoms with E-state index in [-0.39, 0.29) is 34.3 Å². The highest BCUT2D eigenvalue weighted by Crippen LogP contribution is 2.40. The van der Waals surface area contributed by atoms with E-state index in [1.807, 2.05) is 4.90 Å². The molecular formula is C23H23ClF2N8OS. The van der Waals surface area contributed by atoms with E-state index in [9.17, 15) is 9.18 Å². The van der Waals surface area contributed by atoms with E-state index in [2.05, 4.69) is 35.9 Å². The number of nitrogens with zero attached hydrogens (tertiary/aromatic N) is 5. The average molecular weight is 533 g/mol. The number of halogens is 3. The zero-order valence-corrected chi connectivity index (χ0v) is 20.8. The van der Waals surface area contributed by atoms with Gasteiger partial charge >= 0.3 is 6.03 Å². The molecule has 0 saturated carbocycles. The Kier molecular flexibility index (Phi) is 7.87. The van der Waals surface area contributed by atoms with Crippen LogP contribution in [-0.4, -0.2) is 58.7 Å². The lowest BCUT2D eigenvalue weighted by Gasteiger charge is -2.27. The van der Waals surface area contributed by atoms with Gasteiger partial charge in [-0.2, -0.15) is 0 Å². The van der Waals surface area contributed by atoms with E-state index in [0.717, 1.165) is 37.5 Å². The Bertz CT molecular complexity index is 1380. The summed E-state index contributed by atoms with van der Waals surface area (Å²) in [5.74, 6) is -0.600. The van der Waals surface area contributed by atoms with Crippen LogP contribution in [0.5, 0.6) is 0 Å². The number of aromatic nitrogens is 4. The first-order chi connectivity index (χ1) is 17.0. The van der Waals surface area contributed by atoms with Crippen molar-refractivity contribution in [3.63, 3.8) is 0 Å². The molecule has 0 radical (unpaired) electrons. The molecule has 36 heavy (non-hydrogen) atoms. The molecule has 0 unspecified atom stereocenters. The predicted molar refractivity (Wildman–Crippen MR) is 139 cm³/mol. The lowest BCUT2D eigenvalue weighted by molar-refractivity contribution is 0.252. The van der Waals surface area contributed by atoms with Crippen molar-refractivity contribution in [2.75, 3.05) is 42.9 Å². The molecule has 0 atom stereocenters. The zero-order valence-electron chi connectivity index (χ0n) is 19.2. The molecule has 1 aliphatic heterocycles. The average Bonchev–Trinajstić information content (AvgIpc) is 3.30. The van der Waals surface area contributed by atoms with Gasteiger partial charge in [-0.15, -0.1) is 12.4 Å². The van der Waals surface area contributed by atoms with Gasteiger partial charge < -0.3 is 15.5 Å². The molecule has 1 saturated heterocycles. The Morgan fingerprint density at radius 1 is 1.17 bits per heavy atom. The van der Waals surface area contributed by atoms with E-state index in [1.165, 1.54) is 24.4 Å². The normalized spacial score (nSPS) is 13.4. The molecule has 1 aliphatic rings. The monoisotopic (exact) mass is 532 g/mol. The van der Waals surface area contributed by atoms with E-state index in [0.29, 0.717) is 28.3 Å². The number of nitrogens with one attached hydrogen (secondary N) is 3. The molecule has 4 heterocycles. The molecule has 1 fully saturated rings. The number of benzene rings is 1. The number of hydrogen-bond donors (Lipinski definition) is 3. The number of amides is 2. The number of pyridine rings is 1. The minimum Gasteiger partial charge on any atom is -0.338 e. The van der Waals surface area contributed by atoms with Gasteiger partial charge in [0.2, 0.25) is 5.95 Å². The van der Waals surface area contributed by atoms with Crippen molar-refractivity contribution in [1.82, 2.24) is 30.6 Å². The maximum atomic E-state index is 15.7. The first-order valence-electron chi connectivity index (χ1n) is 11.1. The fourth-order valence-corrected chi connectivity index (χ4v) is 4.84. The minimum absolute atomic E-state index is 0.